The number of halogens is 1. The second-order valence-electron chi connectivity index (χ2n) is 4.65. The fraction of sp³-hybridized carbons (Fsp3) is 0.250. The molecule has 0 radical (unpaired) electrons. The third kappa shape index (κ3) is 3.71. The van der Waals surface area contributed by atoms with Gasteiger partial charge in [0.25, 0.3) is 0 Å². The summed E-state index contributed by atoms with van der Waals surface area (Å²) in [7, 11) is 0. The quantitative estimate of drug-likeness (QED) is 0.793. The number of rotatable bonds is 5. The van der Waals surface area contributed by atoms with Crippen LogP contribution < -0.4 is 10.6 Å². The van der Waals surface area contributed by atoms with Crippen LogP contribution in [0.1, 0.15) is 11.1 Å². The van der Waals surface area contributed by atoms with Crippen molar-refractivity contribution in [3.8, 4) is 0 Å². The minimum absolute atomic E-state index is 0.214. The number of benzene rings is 2. The van der Waals surface area contributed by atoms with Gasteiger partial charge in [-0.15, -0.1) is 0 Å². The van der Waals surface area contributed by atoms with Crippen molar-refractivity contribution in [1.82, 2.24) is 0 Å². The summed E-state index contributed by atoms with van der Waals surface area (Å²) >= 11 is 0. The van der Waals surface area contributed by atoms with Crippen LogP contribution in [0.15, 0.2) is 42.5 Å². The Kier molecular flexibility index (Phi) is 4.39. The van der Waals surface area contributed by atoms with Crippen molar-refractivity contribution in [3.63, 3.8) is 0 Å². The Morgan fingerprint density at radius 1 is 0.895 bits per heavy atom. The first-order valence-electron chi connectivity index (χ1n) is 6.46. The maximum Gasteiger partial charge on any atom is 0.146 e. The van der Waals surface area contributed by atoms with Gasteiger partial charge in [0, 0.05) is 18.8 Å². The number of anilines is 2. The van der Waals surface area contributed by atoms with Gasteiger partial charge in [-0.3, -0.25) is 0 Å². The average Bonchev–Trinajstić information content (AvgIpc) is 2.38. The Morgan fingerprint density at radius 2 is 1.58 bits per heavy atom. The minimum Gasteiger partial charge on any atom is -0.383 e. The zero-order valence-electron chi connectivity index (χ0n) is 11.3. The molecular formula is C16H19FN2. The van der Waals surface area contributed by atoms with Gasteiger partial charge in [0.15, 0.2) is 0 Å². The molecule has 2 aromatic carbocycles. The van der Waals surface area contributed by atoms with Gasteiger partial charge in [0.05, 0.1) is 5.69 Å². The lowest BCUT2D eigenvalue weighted by molar-refractivity contribution is 0.630. The summed E-state index contributed by atoms with van der Waals surface area (Å²) < 4.78 is 13.4. The van der Waals surface area contributed by atoms with E-state index in [0.717, 1.165) is 12.2 Å². The fourth-order valence-corrected chi connectivity index (χ4v) is 2.01. The van der Waals surface area contributed by atoms with Crippen LogP contribution in [0.5, 0.6) is 0 Å². The molecule has 0 aliphatic carbocycles. The van der Waals surface area contributed by atoms with Crippen molar-refractivity contribution >= 4 is 11.4 Å². The van der Waals surface area contributed by atoms with E-state index in [-0.39, 0.29) is 5.82 Å². The van der Waals surface area contributed by atoms with E-state index in [0.29, 0.717) is 12.2 Å². The number of hydrogen-bond donors (Lipinski definition) is 2. The fourth-order valence-electron chi connectivity index (χ4n) is 2.01. The van der Waals surface area contributed by atoms with Crippen LogP contribution in [0.4, 0.5) is 15.8 Å². The van der Waals surface area contributed by atoms with E-state index in [2.05, 4.69) is 42.7 Å². The summed E-state index contributed by atoms with van der Waals surface area (Å²) in [4.78, 5) is 0. The average molecular weight is 258 g/mol. The predicted octanol–water partition coefficient (Wildman–Crippen LogP) is 3.97. The molecule has 0 aromatic heterocycles. The van der Waals surface area contributed by atoms with E-state index < -0.39 is 0 Å². The molecule has 0 unspecified atom stereocenters. The highest BCUT2D eigenvalue weighted by Gasteiger charge is 2.00. The van der Waals surface area contributed by atoms with E-state index >= 15 is 0 Å². The first-order chi connectivity index (χ1) is 9.16. The molecule has 0 amide bonds. The normalized spacial score (nSPS) is 10.3. The van der Waals surface area contributed by atoms with Crippen molar-refractivity contribution in [3.05, 3.63) is 59.4 Å². The monoisotopic (exact) mass is 258 g/mol. The highest BCUT2D eigenvalue weighted by Crippen LogP contribution is 2.16. The van der Waals surface area contributed by atoms with Gasteiger partial charge in [-0.05, 0) is 37.6 Å². The third-order valence-electron chi connectivity index (χ3n) is 3.01. The third-order valence-corrected chi connectivity index (χ3v) is 3.01. The molecule has 2 N–H and O–H groups in total. The Labute approximate surface area is 113 Å². The van der Waals surface area contributed by atoms with Crippen LogP contribution >= 0.6 is 0 Å². The van der Waals surface area contributed by atoms with E-state index in [4.69, 9.17) is 0 Å². The number of nitrogens with one attached hydrogen (secondary N) is 2. The van der Waals surface area contributed by atoms with Crippen molar-refractivity contribution in [2.24, 2.45) is 0 Å². The second kappa shape index (κ2) is 6.23. The number of para-hydroxylation sites is 1. The summed E-state index contributed by atoms with van der Waals surface area (Å²) in [5.74, 6) is -0.214. The van der Waals surface area contributed by atoms with Gasteiger partial charge in [-0.2, -0.15) is 0 Å². The van der Waals surface area contributed by atoms with Gasteiger partial charge in [0.2, 0.25) is 0 Å². The lowest BCUT2D eigenvalue weighted by atomic mass is 10.1. The largest absolute Gasteiger partial charge is 0.383 e. The summed E-state index contributed by atoms with van der Waals surface area (Å²) in [6.07, 6.45) is 0. The summed E-state index contributed by atoms with van der Waals surface area (Å²) in [5, 5.41) is 6.42. The van der Waals surface area contributed by atoms with Gasteiger partial charge in [-0.25, -0.2) is 4.39 Å². The molecule has 2 aromatic rings. The molecule has 3 heteroatoms. The standard InChI is InChI=1S/C16H19FN2/c1-12-7-8-15(13(2)11-12)18-9-10-19-16-6-4-3-5-14(16)17/h3-8,11,18-19H,9-10H2,1-2H3. The maximum atomic E-state index is 13.4. The van der Waals surface area contributed by atoms with Crippen molar-refractivity contribution in [2.45, 2.75) is 13.8 Å². The zero-order chi connectivity index (χ0) is 13.7. The van der Waals surface area contributed by atoms with Crippen LogP contribution in [-0.2, 0) is 0 Å². The van der Waals surface area contributed by atoms with Crippen molar-refractivity contribution < 1.29 is 4.39 Å². The van der Waals surface area contributed by atoms with Crippen LogP contribution in [-0.4, -0.2) is 13.1 Å². The Morgan fingerprint density at radius 3 is 2.26 bits per heavy atom. The van der Waals surface area contributed by atoms with Crippen LogP contribution in [0.2, 0.25) is 0 Å². The van der Waals surface area contributed by atoms with Gasteiger partial charge in [0.1, 0.15) is 5.82 Å². The van der Waals surface area contributed by atoms with E-state index in [1.807, 2.05) is 6.07 Å². The minimum atomic E-state index is -0.214. The first kappa shape index (κ1) is 13.4. The molecular weight excluding hydrogens is 239 g/mol. The zero-order valence-corrected chi connectivity index (χ0v) is 11.3. The number of aryl methyl sites for hydroxylation is 2. The van der Waals surface area contributed by atoms with E-state index in [9.17, 15) is 4.39 Å². The highest BCUT2D eigenvalue weighted by molar-refractivity contribution is 5.52. The van der Waals surface area contributed by atoms with Crippen LogP contribution in [0.25, 0.3) is 0 Å². The lowest BCUT2D eigenvalue weighted by Crippen LogP contribution is -2.14. The predicted molar refractivity (Wildman–Crippen MR) is 79.3 cm³/mol. The maximum absolute atomic E-state index is 13.4. The van der Waals surface area contributed by atoms with Crippen LogP contribution in [0, 0.1) is 19.7 Å². The van der Waals surface area contributed by atoms with Gasteiger partial charge < -0.3 is 10.6 Å². The molecule has 0 spiro atoms. The Balaban J connectivity index is 1.83. The molecule has 0 atom stereocenters. The summed E-state index contributed by atoms with van der Waals surface area (Å²) in [5.41, 5.74) is 4.16. The molecule has 0 saturated carbocycles. The number of hydrogen-bond acceptors (Lipinski definition) is 2. The lowest BCUT2D eigenvalue weighted by Gasteiger charge is -2.11. The molecule has 0 bridgehead atoms. The molecule has 0 aliphatic heterocycles. The van der Waals surface area contributed by atoms with Gasteiger partial charge >= 0.3 is 0 Å². The molecule has 19 heavy (non-hydrogen) atoms. The Hall–Kier alpha value is -2.03. The smallest absolute Gasteiger partial charge is 0.146 e. The first-order valence-corrected chi connectivity index (χ1v) is 6.46. The van der Waals surface area contributed by atoms with Crippen LogP contribution in [0.3, 0.4) is 0 Å². The topological polar surface area (TPSA) is 24.1 Å². The van der Waals surface area contributed by atoms with Gasteiger partial charge in [-0.1, -0.05) is 29.8 Å². The van der Waals surface area contributed by atoms with Crippen molar-refractivity contribution in [1.29, 1.82) is 0 Å². The van der Waals surface area contributed by atoms with E-state index in [1.165, 1.54) is 17.2 Å². The highest BCUT2D eigenvalue weighted by atomic mass is 19.1. The molecule has 2 rings (SSSR count). The molecule has 0 saturated heterocycles. The SMILES string of the molecule is Cc1ccc(NCCNc2ccccc2F)c(C)c1. The molecule has 0 aliphatic rings. The summed E-state index contributed by atoms with van der Waals surface area (Å²) in [6.45, 7) is 5.59. The second-order valence-corrected chi connectivity index (χ2v) is 4.65. The van der Waals surface area contributed by atoms with Crippen molar-refractivity contribution in [2.75, 3.05) is 23.7 Å². The molecule has 0 heterocycles. The molecule has 0 fully saturated rings. The Bertz CT molecular complexity index is 552. The molecule has 100 valence electrons. The summed E-state index contributed by atoms with van der Waals surface area (Å²) in [6, 6.07) is 13.0. The van der Waals surface area contributed by atoms with E-state index in [1.54, 1.807) is 12.1 Å². The molecule has 2 nitrogen and oxygen atoms in total.